The number of nitrogens with zero attached hydrogens (tertiary/aromatic N) is 3. The van der Waals surface area contributed by atoms with Gasteiger partial charge in [0.05, 0.1) is 13.2 Å². The van der Waals surface area contributed by atoms with Crippen molar-refractivity contribution in [3.63, 3.8) is 0 Å². The van der Waals surface area contributed by atoms with E-state index < -0.39 is 21.4 Å². The van der Waals surface area contributed by atoms with Gasteiger partial charge in [0.15, 0.2) is 0 Å². The van der Waals surface area contributed by atoms with Crippen LogP contribution in [0.3, 0.4) is 0 Å². The first kappa shape index (κ1) is 36.4. The van der Waals surface area contributed by atoms with Crippen LogP contribution in [0.4, 0.5) is 0 Å². The largest absolute Gasteiger partial charge is 0.394 e. The third-order valence-corrected chi connectivity index (χ3v) is 0.421. The SMILES string of the molecule is C=C.C=C.O=[N+]([O-])O.O=[N+]([O-])O.O=[N+]([O-])O.OCC(O)CO. The Labute approximate surface area is 123 Å². The van der Waals surface area contributed by atoms with Gasteiger partial charge < -0.3 is 30.9 Å². The van der Waals surface area contributed by atoms with Gasteiger partial charge in [0.25, 0.3) is 15.3 Å². The van der Waals surface area contributed by atoms with E-state index in [1.54, 1.807) is 0 Å². The highest BCUT2D eigenvalue weighted by molar-refractivity contribution is 4.44. The van der Waals surface area contributed by atoms with Crippen molar-refractivity contribution in [1.82, 2.24) is 0 Å². The summed E-state index contributed by atoms with van der Waals surface area (Å²) in [5.74, 6) is 0. The van der Waals surface area contributed by atoms with E-state index in [2.05, 4.69) is 26.3 Å². The normalized spacial score (nSPS) is 6.36. The van der Waals surface area contributed by atoms with Crippen LogP contribution in [0.1, 0.15) is 0 Å². The summed E-state index contributed by atoms with van der Waals surface area (Å²) in [5.41, 5.74) is 0. The van der Waals surface area contributed by atoms with Gasteiger partial charge in [0.2, 0.25) is 0 Å². The molecule has 0 amide bonds. The molecule has 0 radical (unpaired) electrons. The van der Waals surface area contributed by atoms with Crippen LogP contribution < -0.4 is 0 Å². The Morgan fingerprint density at radius 1 is 0.727 bits per heavy atom. The van der Waals surface area contributed by atoms with Crippen LogP contribution in [0.25, 0.3) is 0 Å². The molecule has 0 aliphatic carbocycles. The summed E-state index contributed by atoms with van der Waals surface area (Å²) < 4.78 is 0. The predicted molar refractivity (Wildman–Crippen MR) is 69.0 cm³/mol. The third kappa shape index (κ3) is 4690. The van der Waals surface area contributed by atoms with Gasteiger partial charge in [0.1, 0.15) is 6.10 Å². The lowest BCUT2D eigenvalue weighted by Gasteiger charge is -1.96. The summed E-state index contributed by atoms with van der Waals surface area (Å²) in [6.45, 7) is 11.3. The van der Waals surface area contributed by atoms with Crippen molar-refractivity contribution in [2.75, 3.05) is 13.2 Å². The Bertz CT molecular complexity index is 204. The van der Waals surface area contributed by atoms with Crippen LogP contribution in [0.2, 0.25) is 0 Å². The summed E-state index contributed by atoms with van der Waals surface area (Å²) in [6.07, 6.45) is -0.954. The number of hydrogen-bond acceptors (Lipinski definition) is 9. The lowest BCUT2D eigenvalue weighted by molar-refractivity contribution is -0.742. The minimum atomic E-state index is -1.50. The molecule has 0 aromatic heterocycles. The van der Waals surface area contributed by atoms with Crippen molar-refractivity contribution in [1.29, 1.82) is 0 Å². The zero-order valence-electron chi connectivity index (χ0n) is 11.3. The minimum Gasteiger partial charge on any atom is -0.394 e. The average Bonchev–Trinajstić information content (AvgIpc) is 2.40. The van der Waals surface area contributed by atoms with Crippen LogP contribution in [0.15, 0.2) is 26.3 Å². The second kappa shape index (κ2) is 43.0. The molecule has 0 bridgehead atoms. The monoisotopic (exact) mass is 337 g/mol. The molecular weight excluding hydrogens is 318 g/mol. The molecule has 15 heteroatoms. The van der Waals surface area contributed by atoms with E-state index in [0.29, 0.717) is 0 Å². The van der Waals surface area contributed by atoms with Crippen molar-refractivity contribution >= 4 is 0 Å². The Morgan fingerprint density at radius 3 is 0.818 bits per heavy atom. The Morgan fingerprint density at radius 2 is 0.818 bits per heavy atom. The second-order valence-electron chi connectivity index (χ2n) is 1.73. The lowest BCUT2D eigenvalue weighted by atomic mass is 10.4. The molecule has 0 saturated carbocycles. The van der Waals surface area contributed by atoms with E-state index in [9.17, 15) is 0 Å². The van der Waals surface area contributed by atoms with Crippen LogP contribution >= 0.6 is 0 Å². The van der Waals surface area contributed by atoms with Crippen LogP contribution in [0, 0.1) is 30.3 Å². The molecular formula is C7H19N3O12. The van der Waals surface area contributed by atoms with Crippen molar-refractivity contribution < 1.29 is 46.2 Å². The first-order chi connectivity index (χ1) is 10.0. The molecule has 0 fully saturated rings. The maximum absolute atomic E-state index is 8.36. The molecule has 0 aromatic rings. The fraction of sp³-hybridized carbons (Fsp3) is 0.429. The first-order valence-corrected chi connectivity index (χ1v) is 4.40. The lowest BCUT2D eigenvalue weighted by Crippen LogP contribution is -2.15. The summed E-state index contributed by atoms with van der Waals surface area (Å²) in [6, 6.07) is 0. The van der Waals surface area contributed by atoms with Gasteiger partial charge in [-0.3, -0.25) is 0 Å². The number of aliphatic hydroxyl groups excluding tert-OH is 3. The minimum absolute atomic E-state index is 0.365. The Balaban J connectivity index is -0.0000000365. The van der Waals surface area contributed by atoms with Crippen LogP contribution in [-0.4, -0.2) is 65.5 Å². The van der Waals surface area contributed by atoms with E-state index in [1.807, 2.05) is 0 Å². The second-order valence-corrected chi connectivity index (χ2v) is 1.73. The molecule has 0 atom stereocenters. The highest BCUT2D eigenvalue weighted by Crippen LogP contribution is 1.71. The van der Waals surface area contributed by atoms with Gasteiger partial charge in [-0.15, -0.1) is 56.7 Å². The summed E-state index contributed by atoms with van der Waals surface area (Å²) >= 11 is 0. The molecule has 0 aliphatic rings. The standard InChI is InChI=1S/C3H8O3.2C2H4.3HNO3/c4-1-3(6)2-5;2*1-2;3*2-1(3)4/h3-6H,1-2H2;2*1-2H2;3*(H,2,3,4). The smallest absolute Gasteiger partial charge is 0.291 e. The quantitative estimate of drug-likeness (QED) is 0.199. The van der Waals surface area contributed by atoms with Gasteiger partial charge >= 0.3 is 0 Å². The van der Waals surface area contributed by atoms with Gasteiger partial charge in [-0.25, -0.2) is 0 Å². The van der Waals surface area contributed by atoms with Crippen LogP contribution in [-0.2, 0) is 0 Å². The maximum atomic E-state index is 8.36. The number of hydrogen-bond donors (Lipinski definition) is 6. The molecule has 0 rings (SSSR count). The van der Waals surface area contributed by atoms with Crippen molar-refractivity contribution in [3.8, 4) is 0 Å². The fourth-order valence-electron chi connectivity index (χ4n) is 0.0577. The summed E-state index contributed by atoms with van der Waals surface area (Å²) in [4.78, 5) is 25.1. The van der Waals surface area contributed by atoms with Gasteiger partial charge in [0, 0.05) is 0 Å². The van der Waals surface area contributed by atoms with E-state index in [4.69, 9.17) is 61.3 Å². The van der Waals surface area contributed by atoms with Crippen molar-refractivity contribution in [2.24, 2.45) is 0 Å². The Hall–Kier alpha value is -3.04. The molecule has 0 aromatic carbocycles. The fourth-order valence-corrected chi connectivity index (χ4v) is 0.0577. The van der Waals surface area contributed by atoms with E-state index >= 15 is 0 Å². The van der Waals surface area contributed by atoms with Crippen LogP contribution in [0.5, 0.6) is 0 Å². The molecule has 0 unspecified atom stereocenters. The zero-order chi connectivity index (χ0) is 19.7. The zero-order valence-corrected chi connectivity index (χ0v) is 11.3. The molecule has 0 aliphatic heterocycles. The summed E-state index contributed by atoms with van der Waals surface area (Å²) in [7, 11) is 0. The van der Waals surface area contributed by atoms with Gasteiger partial charge in [-0.05, 0) is 0 Å². The molecule has 134 valence electrons. The Kier molecular flexibility index (Phi) is 71.2. The third-order valence-electron chi connectivity index (χ3n) is 0.421. The van der Waals surface area contributed by atoms with Gasteiger partial charge in [-0.1, -0.05) is 0 Å². The van der Waals surface area contributed by atoms with Crippen molar-refractivity contribution in [3.05, 3.63) is 56.7 Å². The van der Waals surface area contributed by atoms with Gasteiger partial charge in [-0.2, -0.15) is 0 Å². The highest BCUT2D eigenvalue weighted by Gasteiger charge is 1.93. The molecule has 6 N–H and O–H groups in total. The summed E-state index contributed by atoms with van der Waals surface area (Å²) in [5, 5.41) is 64.9. The topological polar surface area (TPSA) is 251 Å². The number of rotatable bonds is 2. The first-order valence-electron chi connectivity index (χ1n) is 4.40. The van der Waals surface area contributed by atoms with Crippen molar-refractivity contribution in [2.45, 2.75) is 6.10 Å². The molecule has 0 heterocycles. The maximum Gasteiger partial charge on any atom is 0.291 e. The molecule has 0 spiro atoms. The van der Waals surface area contributed by atoms with E-state index in [0.717, 1.165) is 0 Å². The molecule has 15 nitrogen and oxygen atoms in total. The average molecular weight is 337 g/mol. The van der Waals surface area contributed by atoms with E-state index in [-0.39, 0.29) is 13.2 Å². The highest BCUT2D eigenvalue weighted by atomic mass is 16.9. The molecule has 22 heavy (non-hydrogen) atoms. The number of aliphatic hydroxyl groups is 3. The predicted octanol–water partition coefficient (Wildman–Crippen LogP) is -1.11. The van der Waals surface area contributed by atoms with E-state index in [1.165, 1.54) is 0 Å². The molecule has 0 saturated heterocycles.